The topological polar surface area (TPSA) is 54.0 Å². The van der Waals surface area contributed by atoms with Gasteiger partial charge in [-0.2, -0.15) is 5.26 Å². The Kier molecular flexibility index (Phi) is 2.95. The molecule has 0 saturated heterocycles. The van der Waals surface area contributed by atoms with E-state index in [2.05, 4.69) is 28.4 Å². The van der Waals surface area contributed by atoms with Crippen LogP contribution in [0.2, 0.25) is 0 Å². The summed E-state index contributed by atoms with van der Waals surface area (Å²) in [4.78, 5) is 0. The molecule has 0 saturated carbocycles. The number of aromatic nitrogens is 3. The van der Waals surface area contributed by atoms with Gasteiger partial charge in [-0.3, -0.25) is 4.40 Å². The highest BCUT2D eigenvalue weighted by Gasteiger charge is 2.06. The lowest BCUT2D eigenvalue weighted by Gasteiger charge is -2.01. The van der Waals surface area contributed by atoms with Gasteiger partial charge in [0, 0.05) is 12.6 Å². The van der Waals surface area contributed by atoms with Gasteiger partial charge in [0.2, 0.25) is 0 Å². The Bertz CT molecular complexity index is 738. The molecule has 4 nitrogen and oxygen atoms in total. The van der Waals surface area contributed by atoms with Gasteiger partial charge in [0.05, 0.1) is 5.56 Å². The first-order chi connectivity index (χ1) is 9.36. The second-order valence-electron chi connectivity index (χ2n) is 4.36. The fourth-order valence-corrected chi connectivity index (χ4v) is 2.08. The standard InChI is InChI=1S/C15H12N4/c16-10-13-7-9-15-18-17-14(19(15)11-13)8-6-12-4-2-1-3-5-12/h1-5,7,9,11H,6,8H2. The van der Waals surface area contributed by atoms with Crippen molar-refractivity contribution in [2.24, 2.45) is 0 Å². The molecule has 0 bridgehead atoms. The minimum Gasteiger partial charge on any atom is -0.285 e. The van der Waals surface area contributed by atoms with Crippen LogP contribution in [0.4, 0.5) is 0 Å². The van der Waals surface area contributed by atoms with Gasteiger partial charge in [-0.1, -0.05) is 30.3 Å². The maximum atomic E-state index is 8.93. The van der Waals surface area contributed by atoms with E-state index in [9.17, 15) is 0 Å². The van der Waals surface area contributed by atoms with Gasteiger partial charge >= 0.3 is 0 Å². The predicted molar refractivity (Wildman–Crippen MR) is 71.6 cm³/mol. The summed E-state index contributed by atoms with van der Waals surface area (Å²) in [5, 5.41) is 17.2. The number of rotatable bonds is 3. The number of nitrogens with zero attached hydrogens (tertiary/aromatic N) is 4. The van der Waals surface area contributed by atoms with E-state index in [4.69, 9.17) is 5.26 Å². The Labute approximate surface area is 111 Å². The predicted octanol–water partition coefficient (Wildman–Crippen LogP) is 2.39. The van der Waals surface area contributed by atoms with Gasteiger partial charge in [-0.05, 0) is 24.1 Å². The number of nitriles is 1. The summed E-state index contributed by atoms with van der Waals surface area (Å²) in [5.74, 6) is 0.885. The van der Waals surface area contributed by atoms with Crippen LogP contribution in [0.3, 0.4) is 0 Å². The molecule has 0 N–H and O–H groups in total. The van der Waals surface area contributed by atoms with Crippen molar-refractivity contribution in [3.05, 3.63) is 65.6 Å². The molecule has 0 fully saturated rings. The lowest BCUT2D eigenvalue weighted by atomic mass is 10.1. The second kappa shape index (κ2) is 4.91. The molecular weight excluding hydrogens is 236 g/mol. The maximum absolute atomic E-state index is 8.93. The third-order valence-electron chi connectivity index (χ3n) is 3.08. The van der Waals surface area contributed by atoms with Crippen molar-refractivity contribution in [3.63, 3.8) is 0 Å². The molecule has 4 heteroatoms. The normalized spacial score (nSPS) is 10.5. The highest BCUT2D eigenvalue weighted by molar-refractivity contribution is 5.42. The van der Waals surface area contributed by atoms with Crippen LogP contribution >= 0.6 is 0 Å². The first-order valence-electron chi connectivity index (χ1n) is 6.14. The Morgan fingerprint density at radius 2 is 1.84 bits per heavy atom. The fourth-order valence-electron chi connectivity index (χ4n) is 2.08. The molecule has 0 aliphatic rings. The Morgan fingerprint density at radius 1 is 1.00 bits per heavy atom. The molecule has 2 aromatic heterocycles. The summed E-state index contributed by atoms with van der Waals surface area (Å²) in [6, 6.07) is 16.0. The van der Waals surface area contributed by atoms with E-state index in [0.29, 0.717) is 5.56 Å². The summed E-state index contributed by atoms with van der Waals surface area (Å²) in [6.07, 6.45) is 3.51. The van der Waals surface area contributed by atoms with Crippen molar-refractivity contribution in [3.8, 4) is 6.07 Å². The van der Waals surface area contributed by atoms with Gasteiger partial charge < -0.3 is 0 Å². The van der Waals surface area contributed by atoms with Crippen LogP contribution in [-0.2, 0) is 12.8 Å². The second-order valence-corrected chi connectivity index (χ2v) is 4.36. The largest absolute Gasteiger partial charge is 0.285 e. The SMILES string of the molecule is N#Cc1ccc2nnc(CCc3ccccc3)n2c1. The van der Waals surface area contributed by atoms with E-state index in [1.807, 2.05) is 28.7 Å². The van der Waals surface area contributed by atoms with Gasteiger partial charge in [-0.25, -0.2) is 0 Å². The van der Waals surface area contributed by atoms with Gasteiger partial charge in [0.25, 0.3) is 0 Å². The number of fused-ring (bicyclic) bond motifs is 1. The van der Waals surface area contributed by atoms with Crippen LogP contribution in [0.15, 0.2) is 48.7 Å². The van der Waals surface area contributed by atoms with Gasteiger partial charge in [0.15, 0.2) is 5.65 Å². The zero-order valence-corrected chi connectivity index (χ0v) is 10.3. The zero-order valence-electron chi connectivity index (χ0n) is 10.3. The number of hydrogen-bond donors (Lipinski definition) is 0. The minimum atomic E-state index is 0.619. The summed E-state index contributed by atoms with van der Waals surface area (Å²) < 4.78 is 1.89. The molecule has 0 aliphatic heterocycles. The highest BCUT2D eigenvalue weighted by Crippen LogP contribution is 2.09. The van der Waals surface area contributed by atoms with E-state index in [-0.39, 0.29) is 0 Å². The molecule has 2 heterocycles. The maximum Gasteiger partial charge on any atom is 0.160 e. The fraction of sp³-hybridized carbons (Fsp3) is 0.133. The summed E-state index contributed by atoms with van der Waals surface area (Å²) >= 11 is 0. The van der Waals surface area contributed by atoms with Crippen molar-refractivity contribution < 1.29 is 0 Å². The molecule has 0 unspecified atom stereocenters. The molecule has 0 radical (unpaired) electrons. The van der Waals surface area contributed by atoms with Crippen molar-refractivity contribution in [2.75, 3.05) is 0 Å². The molecule has 3 rings (SSSR count). The average Bonchev–Trinajstić information content (AvgIpc) is 2.88. The van der Waals surface area contributed by atoms with Crippen molar-refractivity contribution in [1.29, 1.82) is 5.26 Å². The first-order valence-corrected chi connectivity index (χ1v) is 6.14. The van der Waals surface area contributed by atoms with E-state index in [1.165, 1.54) is 5.56 Å². The van der Waals surface area contributed by atoms with E-state index < -0.39 is 0 Å². The quantitative estimate of drug-likeness (QED) is 0.715. The number of hydrogen-bond acceptors (Lipinski definition) is 3. The average molecular weight is 248 g/mol. The lowest BCUT2D eigenvalue weighted by molar-refractivity contribution is 0.838. The molecule has 1 aromatic carbocycles. The first kappa shape index (κ1) is 11.4. The molecule has 0 spiro atoms. The Hall–Kier alpha value is -2.67. The summed E-state index contributed by atoms with van der Waals surface area (Å²) in [7, 11) is 0. The van der Waals surface area contributed by atoms with Crippen LogP contribution in [-0.4, -0.2) is 14.6 Å². The monoisotopic (exact) mass is 248 g/mol. The third kappa shape index (κ3) is 2.31. The Morgan fingerprint density at radius 3 is 2.63 bits per heavy atom. The molecule has 3 aromatic rings. The summed E-state index contributed by atoms with van der Waals surface area (Å²) in [5.41, 5.74) is 2.67. The van der Waals surface area contributed by atoms with Crippen molar-refractivity contribution >= 4 is 5.65 Å². The van der Waals surface area contributed by atoms with Crippen LogP contribution in [0.1, 0.15) is 17.0 Å². The number of benzene rings is 1. The van der Waals surface area contributed by atoms with Gasteiger partial charge in [0.1, 0.15) is 11.9 Å². The zero-order chi connectivity index (χ0) is 13.1. The highest BCUT2D eigenvalue weighted by atomic mass is 15.2. The number of aryl methyl sites for hydroxylation is 2. The summed E-state index contributed by atoms with van der Waals surface area (Å²) in [6.45, 7) is 0. The van der Waals surface area contributed by atoms with Crippen LogP contribution in [0.25, 0.3) is 5.65 Å². The van der Waals surface area contributed by atoms with Crippen molar-refractivity contribution in [1.82, 2.24) is 14.6 Å². The molecule has 0 amide bonds. The molecular formula is C15H12N4. The van der Waals surface area contributed by atoms with E-state index in [1.54, 1.807) is 12.3 Å². The smallest absolute Gasteiger partial charge is 0.160 e. The third-order valence-corrected chi connectivity index (χ3v) is 3.08. The molecule has 19 heavy (non-hydrogen) atoms. The van der Waals surface area contributed by atoms with E-state index >= 15 is 0 Å². The minimum absolute atomic E-state index is 0.619. The Balaban J connectivity index is 1.87. The van der Waals surface area contributed by atoms with Crippen LogP contribution in [0, 0.1) is 11.3 Å². The van der Waals surface area contributed by atoms with E-state index in [0.717, 1.165) is 24.3 Å². The van der Waals surface area contributed by atoms with Gasteiger partial charge in [-0.15, -0.1) is 10.2 Å². The number of pyridine rings is 1. The van der Waals surface area contributed by atoms with Crippen LogP contribution in [0.5, 0.6) is 0 Å². The van der Waals surface area contributed by atoms with Crippen LogP contribution < -0.4 is 0 Å². The lowest BCUT2D eigenvalue weighted by Crippen LogP contribution is -1.98. The molecule has 0 aliphatic carbocycles. The molecule has 92 valence electrons. The van der Waals surface area contributed by atoms with Crippen molar-refractivity contribution in [2.45, 2.75) is 12.8 Å². The molecule has 0 atom stereocenters.